The Kier molecular flexibility index (Phi) is 6.20. The van der Waals surface area contributed by atoms with Crippen molar-refractivity contribution in [2.24, 2.45) is 17.6 Å². The highest BCUT2D eigenvalue weighted by Crippen LogP contribution is 2.53. The second kappa shape index (κ2) is 8.12. The van der Waals surface area contributed by atoms with Crippen LogP contribution in [0.1, 0.15) is 22.3 Å². The van der Waals surface area contributed by atoms with Crippen molar-refractivity contribution in [3.63, 3.8) is 0 Å². The molecule has 0 radical (unpaired) electrons. The molecule has 2 unspecified atom stereocenters. The zero-order valence-electron chi connectivity index (χ0n) is 17.6. The van der Waals surface area contributed by atoms with Crippen LogP contribution in [0.5, 0.6) is 5.75 Å². The van der Waals surface area contributed by atoms with E-state index in [-0.39, 0.29) is 46.6 Å². The fraction of sp³-hybridized carbons (Fsp3) is 0.381. The molecule has 8 N–H and O–H groups in total. The predicted molar refractivity (Wildman–Crippen MR) is 126 cm³/mol. The lowest BCUT2D eigenvalue weighted by Gasteiger charge is -2.50. The van der Waals surface area contributed by atoms with E-state index < -0.39 is 63.8 Å². The lowest BCUT2D eigenvalue weighted by Crippen LogP contribution is -2.63. The molecule has 1 amide bonds. The first kappa shape index (κ1) is 25.2. The molecule has 1 aromatic rings. The first-order valence-electron chi connectivity index (χ1n) is 9.78. The third-order valence-corrected chi connectivity index (χ3v) is 7.36. The summed E-state index contributed by atoms with van der Waals surface area (Å²) in [6.45, 7) is 0. The average molecular weight is 589 g/mol. The van der Waals surface area contributed by atoms with Gasteiger partial charge in [0.15, 0.2) is 17.1 Å². The van der Waals surface area contributed by atoms with Crippen LogP contribution < -0.4 is 11.5 Å². The number of aromatic hydroxyl groups is 1. The van der Waals surface area contributed by atoms with Gasteiger partial charge in [0, 0.05) is 16.0 Å². The van der Waals surface area contributed by atoms with Crippen LogP contribution in [-0.2, 0) is 16.0 Å². The van der Waals surface area contributed by atoms with Gasteiger partial charge in [-0.25, -0.2) is 0 Å². The third kappa shape index (κ3) is 3.22. The number of aliphatic hydroxyl groups excluding tert-OH is 2. The number of nitrogens with zero attached hydrogens (tertiary/aromatic N) is 1. The minimum Gasteiger partial charge on any atom is -0.510 e. The molecule has 4 rings (SSSR count). The molecule has 1 aromatic carbocycles. The SMILES string of the molecule is Br.CN(C)[C@@H]1C(O)=C(C(N)=O)C(=O)[C@@]2(O)C(O)=C3C(=O)c4c(cc(Br)c(N)c4O)CC3CC12. The minimum atomic E-state index is -2.65. The Morgan fingerprint density at radius 3 is 2.39 bits per heavy atom. The maximum atomic E-state index is 13.3. The number of nitrogens with two attached hydrogens (primary N) is 2. The Labute approximate surface area is 207 Å². The van der Waals surface area contributed by atoms with Gasteiger partial charge in [-0.05, 0) is 60.4 Å². The quantitative estimate of drug-likeness (QED) is 0.167. The summed E-state index contributed by atoms with van der Waals surface area (Å²) in [7, 11) is 3.15. The van der Waals surface area contributed by atoms with E-state index in [1.165, 1.54) is 4.90 Å². The molecule has 3 aliphatic carbocycles. The molecule has 0 saturated carbocycles. The van der Waals surface area contributed by atoms with E-state index in [0.717, 1.165) is 0 Å². The van der Waals surface area contributed by atoms with E-state index >= 15 is 0 Å². The van der Waals surface area contributed by atoms with Gasteiger partial charge in [-0.3, -0.25) is 19.3 Å². The summed E-state index contributed by atoms with van der Waals surface area (Å²) in [4.78, 5) is 39.9. The molecule has 12 heteroatoms. The van der Waals surface area contributed by atoms with Gasteiger partial charge in [0.05, 0.1) is 17.3 Å². The molecule has 0 saturated heterocycles. The van der Waals surface area contributed by atoms with E-state index in [9.17, 15) is 34.8 Å². The van der Waals surface area contributed by atoms with Gasteiger partial charge in [0.2, 0.25) is 5.78 Å². The number of ketones is 2. The molecular weight excluding hydrogens is 566 g/mol. The van der Waals surface area contributed by atoms with Crippen LogP contribution in [-0.4, -0.2) is 68.5 Å². The minimum absolute atomic E-state index is 0. The highest BCUT2D eigenvalue weighted by atomic mass is 79.9. The molecule has 10 nitrogen and oxygen atoms in total. The van der Waals surface area contributed by atoms with Crippen molar-refractivity contribution in [3.05, 3.63) is 44.3 Å². The number of allylic oxidation sites excluding steroid dienone is 1. The fourth-order valence-corrected chi connectivity index (χ4v) is 5.75. The number of hydrogen-bond donors (Lipinski definition) is 6. The molecule has 178 valence electrons. The third-order valence-electron chi connectivity index (χ3n) is 6.70. The Hall–Kier alpha value is -2.41. The monoisotopic (exact) mass is 587 g/mol. The number of carbonyl (C=O) groups excluding carboxylic acids is 3. The average Bonchev–Trinajstić information content (AvgIpc) is 2.68. The molecule has 0 spiro atoms. The summed E-state index contributed by atoms with van der Waals surface area (Å²) in [5.41, 5.74) is 7.70. The second-order valence-corrected chi connectivity index (χ2v) is 9.47. The van der Waals surface area contributed by atoms with Crippen LogP contribution in [0.15, 0.2) is 33.2 Å². The number of benzene rings is 1. The number of phenols is 1. The number of anilines is 1. The lowest BCUT2D eigenvalue weighted by molar-refractivity contribution is -0.148. The molecule has 0 bridgehead atoms. The molecular formula is C21H23Br2N3O7. The van der Waals surface area contributed by atoms with Gasteiger partial charge >= 0.3 is 0 Å². The number of aliphatic hydroxyl groups is 3. The molecule has 0 fully saturated rings. The van der Waals surface area contributed by atoms with E-state index in [4.69, 9.17) is 11.5 Å². The first-order chi connectivity index (χ1) is 14.8. The van der Waals surface area contributed by atoms with E-state index in [2.05, 4.69) is 15.9 Å². The number of fused-ring (bicyclic) bond motifs is 3. The molecule has 33 heavy (non-hydrogen) atoms. The number of carbonyl (C=O) groups is 3. The summed E-state index contributed by atoms with van der Waals surface area (Å²) in [6, 6.07) is 0.585. The summed E-state index contributed by atoms with van der Waals surface area (Å²) >= 11 is 3.24. The maximum absolute atomic E-state index is 13.3. The van der Waals surface area contributed by atoms with Crippen molar-refractivity contribution < 1.29 is 34.8 Å². The number of halogens is 2. The number of primary amides is 1. The lowest BCUT2D eigenvalue weighted by atomic mass is 9.58. The van der Waals surface area contributed by atoms with Gasteiger partial charge in [0.1, 0.15) is 17.1 Å². The Bertz CT molecular complexity index is 1180. The van der Waals surface area contributed by atoms with Crippen LogP contribution in [0.2, 0.25) is 0 Å². The number of amides is 1. The van der Waals surface area contributed by atoms with Crippen LogP contribution in [0, 0.1) is 11.8 Å². The van der Waals surface area contributed by atoms with Crippen molar-refractivity contribution >= 4 is 56.1 Å². The molecule has 0 aliphatic heterocycles. The smallest absolute Gasteiger partial charge is 0.255 e. The van der Waals surface area contributed by atoms with Gasteiger partial charge in [-0.15, -0.1) is 17.0 Å². The molecule has 0 aromatic heterocycles. The Morgan fingerprint density at radius 1 is 1.24 bits per heavy atom. The Morgan fingerprint density at radius 2 is 1.85 bits per heavy atom. The van der Waals surface area contributed by atoms with Gasteiger partial charge in [0.25, 0.3) is 5.91 Å². The number of nitrogen functional groups attached to an aromatic ring is 1. The van der Waals surface area contributed by atoms with Crippen LogP contribution in [0.3, 0.4) is 0 Å². The number of phenolic OH excluding ortho intramolecular Hbond substituents is 1. The van der Waals surface area contributed by atoms with Crippen LogP contribution in [0.25, 0.3) is 0 Å². The molecule has 0 heterocycles. The highest BCUT2D eigenvalue weighted by Gasteiger charge is 2.63. The summed E-state index contributed by atoms with van der Waals surface area (Å²) in [6.07, 6.45) is 0.246. The first-order valence-corrected chi connectivity index (χ1v) is 10.6. The van der Waals surface area contributed by atoms with Gasteiger partial charge in [-0.1, -0.05) is 0 Å². The zero-order chi connectivity index (χ0) is 23.9. The van der Waals surface area contributed by atoms with Crippen molar-refractivity contribution in [3.8, 4) is 5.75 Å². The van der Waals surface area contributed by atoms with E-state index in [0.29, 0.717) is 10.0 Å². The fourth-order valence-electron chi connectivity index (χ4n) is 5.29. The van der Waals surface area contributed by atoms with Crippen molar-refractivity contribution in [2.45, 2.75) is 24.5 Å². The number of Topliss-reactive ketones (excluding diaryl/α,β-unsaturated/α-hetero) is 2. The van der Waals surface area contributed by atoms with Crippen LogP contribution >= 0.6 is 32.9 Å². The van der Waals surface area contributed by atoms with Crippen molar-refractivity contribution in [1.82, 2.24) is 4.90 Å². The standard InChI is InChI=1S/C21H22BrN3O7.BrH/c1-25(2)14-8-4-6-3-7-5-9(22)13(23)16(27)10(7)15(26)11(6)18(29)21(8,32)19(30)12(17(14)28)20(24)31;/h5-6,8,14,27-29,32H,3-4,23H2,1-2H3,(H2,24,31);1H/t6?,8?,14-,21-;/m0./s1. The number of likely N-dealkylation sites (N-methyl/N-ethyl adjacent to an activating group) is 1. The van der Waals surface area contributed by atoms with Crippen LogP contribution in [0.4, 0.5) is 5.69 Å². The summed E-state index contributed by atoms with van der Waals surface area (Å²) in [5.74, 6) is -6.95. The maximum Gasteiger partial charge on any atom is 0.255 e. The molecule has 3 aliphatic rings. The zero-order valence-corrected chi connectivity index (χ0v) is 20.9. The number of hydrogen-bond acceptors (Lipinski definition) is 9. The highest BCUT2D eigenvalue weighted by molar-refractivity contribution is 9.10. The Balaban J connectivity index is 0.00000306. The van der Waals surface area contributed by atoms with Crippen molar-refractivity contribution in [1.29, 1.82) is 0 Å². The van der Waals surface area contributed by atoms with Gasteiger partial charge in [-0.2, -0.15) is 0 Å². The van der Waals surface area contributed by atoms with E-state index in [1.54, 1.807) is 20.2 Å². The topological polar surface area (TPSA) is 187 Å². The second-order valence-electron chi connectivity index (χ2n) is 8.62. The predicted octanol–water partition coefficient (Wildman–Crippen LogP) is 1.04. The largest absolute Gasteiger partial charge is 0.510 e. The molecule has 4 atom stereocenters. The normalized spacial score (nSPS) is 28.8. The van der Waals surface area contributed by atoms with Crippen molar-refractivity contribution in [2.75, 3.05) is 19.8 Å². The summed E-state index contributed by atoms with van der Waals surface area (Å²) in [5, 5.41) is 43.7. The number of rotatable bonds is 2. The van der Waals surface area contributed by atoms with E-state index in [1.807, 2.05) is 0 Å². The van der Waals surface area contributed by atoms with Gasteiger partial charge < -0.3 is 31.9 Å². The summed E-state index contributed by atoms with van der Waals surface area (Å²) < 4.78 is 0.399.